The van der Waals surface area contributed by atoms with E-state index in [9.17, 15) is 17.6 Å². The van der Waals surface area contributed by atoms with Crippen molar-refractivity contribution in [2.45, 2.75) is 31.2 Å². The molecule has 36 heavy (non-hydrogen) atoms. The quantitative estimate of drug-likeness (QED) is 0.465. The molecule has 0 unspecified atom stereocenters. The number of carbonyl (C=O) groups excluding carboxylic acids is 1. The number of hydrogen-bond acceptors (Lipinski definition) is 5. The second-order valence-corrected chi connectivity index (χ2v) is 10.6. The van der Waals surface area contributed by atoms with Gasteiger partial charge < -0.3 is 0 Å². The first-order valence-electron chi connectivity index (χ1n) is 11.8. The number of piperidine rings is 1. The van der Waals surface area contributed by atoms with Gasteiger partial charge in [0.15, 0.2) is 0 Å². The summed E-state index contributed by atoms with van der Waals surface area (Å²) in [5, 5.41) is 4.27. The standard InChI is InChI=1S/C27H29FN4O3S/c1-21-7-11-25(12-8-21)32(36(34,35)26-13-9-23(28)10-14-26)20-27(33)30-29-24-15-17-31(18-16-24)19-22-5-3-2-4-6-22/h2-14H,15-20H2,1H3,(H,30,33). The number of halogens is 1. The predicted octanol–water partition coefficient (Wildman–Crippen LogP) is 4.10. The van der Waals surface area contributed by atoms with Gasteiger partial charge in [-0.3, -0.25) is 14.0 Å². The summed E-state index contributed by atoms with van der Waals surface area (Å²) >= 11 is 0. The molecule has 3 aromatic carbocycles. The summed E-state index contributed by atoms with van der Waals surface area (Å²) < 4.78 is 41.1. The third-order valence-corrected chi connectivity index (χ3v) is 7.82. The van der Waals surface area contributed by atoms with Crippen molar-refractivity contribution in [1.82, 2.24) is 10.3 Å². The zero-order valence-corrected chi connectivity index (χ0v) is 20.9. The molecule has 1 N–H and O–H groups in total. The van der Waals surface area contributed by atoms with Gasteiger partial charge in [0.2, 0.25) is 0 Å². The lowest BCUT2D eigenvalue weighted by Crippen LogP contribution is -2.40. The fraction of sp³-hybridized carbons (Fsp3) is 0.259. The maximum atomic E-state index is 13.4. The lowest BCUT2D eigenvalue weighted by molar-refractivity contribution is -0.119. The van der Waals surface area contributed by atoms with E-state index < -0.39 is 28.3 Å². The molecule has 1 fully saturated rings. The summed E-state index contributed by atoms with van der Waals surface area (Å²) in [7, 11) is -4.11. The molecule has 0 aromatic heterocycles. The fourth-order valence-electron chi connectivity index (χ4n) is 3.99. The molecule has 1 amide bonds. The van der Waals surface area contributed by atoms with Gasteiger partial charge in [0.05, 0.1) is 10.6 Å². The molecule has 0 aliphatic carbocycles. The number of nitrogens with zero attached hydrogens (tertiary/aromatic N) is 3. The second kappa shape index (κ2) is 11.5. The number of anilines is 1. The number of carbonyl (C=O) groups is 1. The lowest BCUT2D eigenvalue weighted by atomic mass is 10.1. The Morgan fingerprint density at radius 3 is 2.25 bits per heavy atom. The number of hydrogen-bond donors (Lipinski definition) is 1. The van der Waals surface area contributed by atoms with Crippen LogP contribution in [0.4, 0.5) is 10.1 Å². The van der Waals surface area contributed by atoms with Crippen LogP contribution >= 0.6 is 0 Å². The van der Waals surface area contributed by atoms with Crippen molar-refractivity contribution in [3.8, 4) is 0 Å². The highest BCUT2D eigenvalue weighted by Gasteiger charge is 2.27. The van der Waals surface area contributed by atoms with E-state index in [1.54, 1.807) is 24.3 Å². The summed E-state index contributed by atoms with van der Waals surface area (Å²) in [4.78, 5) is 15.0. The summed E-state index contributed by atoms with van der Waals surface area (Å²) in [6.07, 6.45) is 1.45. The maximum absolute atomic E-state index is 13.4. The monoisotopic (exact) mass is 508 g/mol. The molecule has 188 valence electrons. The molecule has 0 radical (unpaired) electrons. The highest BCUT2D eigenvalue weighted by atomic mass is 32.2. The van der Waals surface area contributed by atoms with Crippen molar-refractivity contribution in [2.24, 2.45) is 5.10 Å². The van der Waals surface area contributed by atoms with E-state index in [0.717, 1.165) is 60.2 Å². The second-order valence-electron chi connectivity index (χ2n) is 8.78. The van der Waals surface area contributed by atoms with Crippen LogP contribution in [0.25, 0.3) is 0 Å². The van der Waals surface area contributed by atoms with Crippen LogP contribution in [0.2, 0.25) is 0 Å². The largest absolute Gasteiger partial charge is 0.298 e. The minimum absolute atomic E-state index is 0.102. The Morgan fingerprint density at radius 2 is 1.61 bits per heavy atom. The number of likely N-dealkylation sites (tertiary alicyclic amines) is 1. The van der Waals surface area contributed by atoms with Crippen LogP contribution in [0.15, 0.2) is 88.9 Å². The Hall–Kier alpha value is -3.56. The number of sulfonamides is 1. The van der Waals surface area contributed by atoms with Crippen LogP contribution < -0.4 is 9.73 Å². The van der Waals surface area contributed by atoms with Gasteiger partial charge in [0.25, 0.3) is 15.9 Å². The average Bonchev–Trinajstić information content (AvgIpc) is 2.88. The van der Waals surface area contributed by atoms with Gasteiger partial charge in [-0.2, -0.15) is 5.10 Å². The Kier molecular flexibility index (Phi) is 8.12. The number of amides is 1. The molecule has 0 atom stereocenters. The SMILES string of the molecule is Cc1ccc(N(CC(=O)NN=C2CCN(Cc3ccccc3)CC2)S(=O)(=O)c2ccc(F)cc2)cc1. The Bertz CT molecular complexity index is 1300. The number of hydrazone groups is 1. The molecule has 9 heteroatoms. The lowest BCUT2D eigenvalue weighted by Gasteiger charge is -2.27. The third kappa shape index (κ3) is 6.56. The smallest absolute Gasteiger partial charge is 0.264 e. The van der Waals surface area contributed by atoms with E-state index in [0.29, 0.717) is 5.69 Å². The van der Waals surface area contributed by atoms with Crippen LogP contribution in [0, 0.1) is 12.7 Å². The first-order valence-corrected chi connectivity index (χ1v) is 13.2. The van der Waals surface area contributed by atoms with Crippen LogP contribution in [0.1, 0.15) is 24.0 Å². The van der Waals surface area contributed by atoms with Crippen molar-refractivity contribution in [2.75, 3.05) is 23.9 Å². The van der Waals surface area contributed by atoms with Crippen molar-refractivity contribution >= 4 is 27.3 Å². The van der Waals surface area contributed by atoms with Gasteiger partial charge in [-0.15, -0.1) is 0 Å². The van der Waals surface area contributed by atoms with Gasteiger partial charge >= 0.3 is 0 Å². The molecular weight excluding hydrogens is 479 g/mol. The minimum Gasteiger partial charge on any atom is -0.298 e. The third-order valence-electron chi connectivity index (χ3n) is 6.03. The van der Waals surface area contributed by atoms with Gasteiger partial charge in [-0.25, -0.2) is 18.2 Å². The molecule has 1 aliphatic heterocycles. The molecule has 3 aromatic rings. The van der Waals surface area contributed by atoms with Gasteiger partial charge in [0.1, 0.15) is 12.4 Å². The maximum Gasteiger partial charge on any atom is 0.264 e. The van der Waals surface area contributed by atoms with E-state index in [2.05, 4.69) is 27.6 Å². The van der Waals surface area contributed by atoms with E-state index in [-0.39, 0.29) is 4.90 Å². The van der Waals surface area contributed by atoms with Crippen LogP contribution in [0.3, 0.4) is 0 Å². The van der Waals surface area contributed by atoms with Gasteiger partial charge in [-0.1, -0.05) is 48.0 Å². The molecule has 1 heterocycles. The average molecular weight is 509 g/mol. The van der Waals surface area contributed by atoms with Crippen LogP contribution in [-0.2, 0) is 21.4 Å². The van der Waals surface area contributed by atoms with Crippen molar-refractivity contribution < 1.29 is 17.6 Å². The summed E-state index contributed by atoms with van der Waals surface area (Å²) in [6.45, 7) is 3.96. The fourth-order valence-corrected chi connectivity index (χ4v) is 5.41. The summed E-state index contributed by atoms with van der Waals surface area (Å²) in [6, 6.07) is 21.6. The van der Waals surface area contributed by atoms with E-state index >= 15 is 0 Å². The van der Waals surface area contributed by atoms with Crippen LogP contribution in [-0.4, -0.2) is 44.6 Å². The zero-order valence-electron chi connectivity index (χ0n) is 20.1. The van der Waals surface area contributed by atoms with Crippen LogP contribution in [0.5, 0.6) is 0 Å². The van der Waals surface area contributed by atoms with Gasteiger partial charge in [-0.05, 0) is 48.9 Å². The van der Waals surface area contributed by atoms with E-state index in [1.165, 1.54) is 17.7 Å². The van der Waals surface area contributed by atoms with Crippen molar-refractivity contribution in [1.29, 1.82) is 0 Å². The highest BCUT2D eigenvalue weighted by molar-refractivity contribution is 7.92. The van der Waals surface area contributed by atoms with E-state index in [1.807, 2.05) is 25.1 Å². The number of benzene rings is 3. The first kappa shape index (κ1) is 25.5. The Morgan fingerprint density at radius 1 is 0.972 bits per heavy atom. The molecule has 0 spiro atoms. The molecule has 1 saturated heterocycles. The number of aryl methyl sites for hydroxylation is 1. The molecule has 1 aliphatic rings. The minimum atomic E-state index is -4.11. The highest BCUT2D eigenvalue weighted by Crippen LogP contribution is 2.24. The Balaban J connectivity index is 1.41. The first-order chi connectivity index (χ1) is 17.3. The van der Waals surface area contributed by atoms with Crippen molar-refractivity contribution in [3.63, 3.8) is 0 Å². The summed E-state index contributed by atoms with van der Waals surface area (Å²) in [5.41, 5.74) is 5.94. The molecule has 7 nitrogen and oxygen atoms in total. The van der Waals surface area contributed by atoms with Crippen molar-refractivity contribution in [3.05, 3.63) is 95.8 Å². The molecule has 0 saturated carbocycles. The molecule has 4 rings (SSSR count). The topological polar surface area (TPSA) is 82.1 Å². The van der Waals surface area contributed by atoms with E-state index in [4.69, 9.17) is 0 Å². The normalized spacial score (nSPS) is 14.3. The predicted molar refractivity (Wildman–Crippen MR) is 139 cm³/mol. The summed E-state index contributed by atoms with van der Waals surface area (Å²) in [5.74, 6) is -1.10. The van der Waals surface area contributed by atoms with Gasteiger partial charge in [0, 0.05) is 38.2 Å². The number of nitrogens with one attached hydrogen (secondary N) is 1. The molecular formula is C27H29FN4O3S. The Labute approximate surface area is 211 Å². The molecule has 0 bridgehead atoms. The number of rotatable bonds is 8. The zero-order chi connectivity index (χ0) is 25.5.